The Morgan fingerprint density at radius 3 is 2.90 bits per heavy atom. The Kier molecular flexibility index (Phi) is 7.13. The molecule has 4 nitrogen and oxygen atoms in total. The number of halogens is 2. The summed E-state index contributed by atoms with van der Waals surface area (Å²) in [7, 11) is 0. The molecule has 1 fully saturated rings. The van der Waals surface area contributed by atoms with Gasteiger partial charge in [-0.1, -0.05) is 24.6 Å². The lowest BCUT2D eigenvalue weighted by Crippen LogP contribution is -2.49. The van der Waals surface area contributed by atoms with Crippen LogP contribution in [0.2, 0.25) is 5.02 Å². The van der Waals surface area contributed by atoms with Gasteiger partial charge in [0.1, 0.15) is 12.4 Å². The summed E-state index contributed by atoms with van der Waals surface area (Å²) in [6.45, 7) is 4.80. The van der Waals surface area contributed by atoms with Crippen molar-refractivity contribution in [1.82, 2.24) is 10.6 Å². The molecule has 0 spiro atoms. The highest BCUT2D eigenvalue weighted by Crippen LogP contribution is 2.17. The molecule has 0 aromatic heterocycles. The first kappa shape index (κ1) is 17.1. The molecule has 0 aliphatic carbocycles. The second kappa shape index (κ2) is 8.35. The van der Waals surface area contributed by atoms with E-state index in [9.17, 15) is 4.79 Å². The molecule has 112 valence electrons. The summed E-state index contributed by atoms with van der Waals surface area (Å²) in [5, 5.41) is 6.71. The van der Waals surface area contributed by atoms with Crippen molar-refractivity contribution in [3.8, 4) is 5.75 Å². The van der Waals surface area contributed by atoms with Crippen LogP contribution in [0.1, 0.15) is 6.92 Å². The van der Waals surface area contributed by atoms with Crippen LogP contribution >= 0.6 is 24.0 Å². The van der Waals surface area contributed by atoms with Crippen molar-refractivity contribution in [1.29, 1.82) is 0 Å². The summed E-state index contributed by atoms with van der Waals surface area (Å²) in [4.78, 5) is 11.8. The molecular weight excluding hydrogens is 299 g/mol. The van der Waals surface area contributed by atoms with Crippen LogP contribution in [0.4, 0.5) is 0 Å². The van der Waals surface area contributed by atoms with Gasteiger partial charge in [0.25, 0.3) is 0 Å². The third-order valence-corrected chi connectivity index (χ3v) is 3.63. The molecule has 1 amide bonds. The van der Waals surface area contributed by atoms with Gasteiger partial charge in [-0.25, -0.2) is 0 Å². The fraction of sp³-hybridized carbons (Fsp3) is 0.500. The quantitative estimate of drug-likeness (QED) is 0.790. The molecule has 1 aromatic rings. The lowest BCUT2D eigenvalue weighted by molar-refractivity contribution is -0.126. The van der Waals surface area contributed by atoms with Crippen LogP contribution in [0.5, 0.6) is 5.75 Å². The minimum atomic E-state index is 0. The molecule has 2 rings (SSSR count). The maximum Gasteiger partial charge on any atom is 0.223 e. The fourth-order valence-electron chi connectivity index (χ4n) is 1.94. The predicted molar refractivity (Wildman–Crippen MR) is 82.7 cm³/mol. The Hall–Kier alpha value is -0.970. The van der Waals surface area contributed by atoms with Gasteiger partial charge in [0.05, 0.1) is 6.54 Å². The van der Waals surface area contributed by atoms with E-state index in [4.69, 9.17) is 16.3 Å². The molecule has 2 N–H and O–H groups in total. The Morgan fingerprint density at radius 2 is 2.30 bits per heavy atom. The van der Waals surface area contributed by atoms with Gasteiger partial charge in [-0.15, -0.1) is 12.4 Å². The van der Waals surface area contributed by atoms with E-state index in [0.29, 0.717) is 24.1 Å². The van der Waals surface area contributed by atoms with Gasteiger partial charge in [-0.3, -0.25) is 4.79 Å². The van der Waals surface area contributed by atoms with Crippen molar-refractivity contribution in [2.75, 3.05) is 26.2 Å². The smallest absolute Gasteiger partial charge is 0.223 e. The van der Waals surface area contributed by atoms with E-state index in [1.54, 1.807) is 12.1 Å². The summed E-state index contributed by atoms with van der Waals surface area (Å²) in [5.74, 6) is 1.35. The molecule has 1 unspecified atom stereocenters. The SMILES string of the molecule is CC(C(=O)NCCOc1cccc(Cl)c1)C1CNC1.Cl. The Morgan fingerprint density at radius 1 is 1.55 bits per heavy atom. The standard InChI is InChI=1S/C14H19ClN2O2.ClH/c1-10(11-8-16-9-11)14(18)17-5-6-19-13-4-2-3-12(15)7-13;/h2-4,7,10-11,16H,5-6,8-9H2,1H3,(H,17,18);1H. The highest BCUT2D eigenvalue weighted by molar-refractivity contribution is 6.30. The first-order valence-corrected chi connectivity index (χ1v) is 6.91. The minimum Gasteiger partial charge on any atom is -0.492 e. The third kappa shape index (κ3) is 4.85. The van der Waals surface area contributed by atoms with Crippen molar-refractivity contribution in [2.45, 2.75) is 6.92 Å². The number of rotatable bonds is 6. The van der Waals surface area contributed by atoms with Gasteiger partial charge in [-0.2, -0.15) is 0 Å². The van der Waals surface area contributed by atoms with Crippen molar-refractivity contribution in [3.05, 3.63) is 29.3 Å². The van der Waals surface area contributed by atoms with Gasteiger partial charge >= 0.3 is 0 Å². The van der Waals surface area contributed by atoms with E-state index < -0.39 is 0 Å². The van der Waals surface area contributed by atoms with Crippen molar-refractivity contribution < 1.29 is 9.53 Å². The molecule has 1 heterocycles. The summed E-state index contributed by atoms with van der Waals surface area (Å²) in [5.41, 5.74) is 0. The molecule has 1 saturated heterocycles. The zero-order valence-corrected chi connectivity index (χ0v) is 13.0. The van der Waals surface area contributed by atoms with E-state index in [2.05, 4.69) is 10.6 Å². The van der Waals surface area contributed by atoms with Gasteiger partial charge in [0, 0.05) is 10.9 Å². The number of ether oxygens (including phenoxy) is 1. The zero-order valence-electron chi connectivity index (χ0n) is 11.4. The Balaban J connectivity index is 0.00000200. The predicted octanol–water partition coefficient (Wildman–Crippen LogP) is 2.11. The molecular formula is C14H20Cl2N2O2. The van der Waals surface area contributed by atoms with Gasteiger partial charge in [0.15, 0.2) is 0 Å². The molecule has 20 heavy (non-hydrogen) atoms. The van der Waals surface area contributed by atoms with Crippen LogP contribution in [0.15, 0.2) is 24.3 Å². The van der Waals surface area contributed by atoms with E-state index in [0.717, 1.165) is 18.8 Å². The first-order valence-electron chi connectivity index (χ1n) is 6.53. The average molecular weight is 319 g/mol. The largest absolute Gasteiger partial charge is 0.492 e. The maximum atomic E-state index is 11.8. The average Bonchev–Trinajstić information content (AvgIpc) is 2.32. The second-order valence-electron chi connectivity index (χ2n) is 4.80. The third-order valence-electron chi connectivity index (χ3n) is 3.40. The zero-order chi connectivity index (χ0) is 13.7. The van der Waals surface area contributed by atoms with Crippen LogP contribution < -0.4 is 15.4 Å². The Labute approximate surface area is 130 Å². The second-order valence-corrected chi connectivity index (χ2v) is 5.24. The fourth-order valence-corrected chi connectivity index (χ4v) is 2.12. The highest BCUT2D eigenvalue weighted by Gasteiger charge is 2.28. The molecule has 1 atom stereocenters. The molecule has 0 radical (unpaired) electrons. The van der Waals surface area contributed by atoms with E-state index >= 15 is 0 Å². The van der Waals surface area contributed by atoms with Crippen molar-refractivity contribution in [3.63, 3.8) is 0 Å². The molecule has 6 heteroatoms. The lowest BCUT2D eigenvalue weighted by Gasteiger charge is -2.31. The maximum absolute atomic E-state index is 11.8. The molecule has 0 bridgehead atoms. The number of hydrogen-bond donors (Lipinski definition) is 2. The van der Waals surface area contributed by atoms with E-state index in [1.165, 1.54) is 0 Å². The number of amides is 1. The summed E-state index contributed by atoms with van der Waals surface area (Å²) >= 11 is 5.85. The number of hydrogen-bond acceptors (Lipinski definition) is 3. The summed E-state index contributed by atoms with van der Waals surface area (Å²) < 4.78 is 5.51. The lowest BCUT2D eigenvalue weighted by atomic mass is 9.88. The van der Waals surface area contributed by atoms with E-state index in [-0.39, 0.29) is 24.2 Å². The van der Waals surface area contributed by atoms with Gasteiger partial charge in [-0.05, 0) is 37.2 Å². The molecule has 1 aliphatic heterocycles. The number of carbonyl (C=O) groups is 1. The van der Waals surface area contributed by atoms with Crippen LogP contribution in [0.3, 0.4) is 0 Å². The highest BCUT2D eigenvalue weighted by atomic mass is 35.5. The monoisotopic (exact) mass is 318 g/mol. The molecule has 1 aliphatic rings. The van der Waals surface area contributed by atoms with Crippen LogP contribution in [0, 0.1) is 11.8 Å². The Bertz CT molecular complexity index is 439. The number of nitrogens with one attached hydrogen (secondary N) is 2. The molecule has 1 aromatic carbocycles. The normalized spacial score (nSPS) is 15.7. The van der Waals surface area contributed by atoms with Gasteiger partial charge < -0.3 is 15.4 Å². The number of benzene rings is 1. The van der Waals surface area contributed by atoms with Crippen molar-refractivity contribution >= 4 is 29.9 Å². The summed E-state index contributed by atoms with van der Waals surface area (Å²) in [6, 6.07) is 7.23. The molecule has 0 saturated carbocycles. The topological polar surface area (TPSA) is 50.4 Å². The minimum absolute atomic E-state index is 0. The van der Waals surface area contributed by atoms with Crippen LogP contribution in [0.25, 0.3) is 0 Å². The van der Waals surface area contributed by atoms with Crippen LogP contribution in [-0.2, 0) is 4.79 Å². The summed E-state index contributed by atoms with van der Waals surface area (Å²) in [6.07, 6.45) is 0. The van der Waals surface area contributed by atoms with E-state index in [1.807, 2.05) is 19.1 Å². The van der Waals surface area contributed by atoms with Crippen molar-refractivity contribution in [2.24, 2.45) is 11.8 Å². The first-order chi connectivity index (χ1) is 9.16. The number of carbonyl (C=O) groups excluding carboxylic acids is 1. The van der Waals surface area contributed by atoms with Crippen LogP contribution in [-0.4, -0.2) is 32.1 Å². The van der Waals surface area contributed by atoms with Gasteiger partial charge in [0.2, 0.25) is 5.91 Å².